The lowest BCUT2D eigenvalue weighted by molar-refractivity contribution is -0.0541. The van der Waals surface area contributed by atoms with Crippen LogP contribution in [0, 0.1) is 6.92 Å². The monoisotopic (exact) mass is 290 g/mol. The Hall–Kier alpha value is -1.20. The quantitative estimate of drug-likeness (QED) is 0.922. The lowest BCUT2D eigenvalue weighted by Crippen LogP contribution is -2.43. The Kier molecular flexibility index (Phi) is 4.40. The van der Waals surface area contributed by atoms with Gasteiger partial charge in [0.05, 0.1) is 6.61 Å². The number of hydrogen-bond donors (Lipinski definition) is 1. The summed E-state index contributed by atoms with van der Waals surface area (Å²) in [5.41, 5.74) is 2.29. The van der Waals surface area contributed by atoms with Crippen molar-refractivity contribution in [2.24, 2.45) is 0 Å². The Labute approximate surface area is 127 Å². The van der Waals surface area contributed by atoms with Crippen LogP contribution in [0.4, 0.5) is 5.82 Å². The fourth-order valence-electron chi connectivity index (χ4n) is 3.47. The molecule has 2 saturated heterocycles. The number of morpholine rings is 1. The molecule has 0 aromatic carbocycles. The van der Waals surface area contributed by atoms with Crippen molar-refractivity contribution < 1.29 is 4.74 Å². The molecule has 0 aliphatic carbocycles. The molecule has 0 spiro atoms. The standard InChI is InChI=1S/C16H26N4O/c1-4-13-11(3)18-16(19-15(13)17-5-2)14-9-20-8-6-7-12(20)10-21-14/h12,14H,4-10H2,1-3H3,(H,17,18,19). The molecule has 1 aromatic rings. The van der Waals surface area contributed by atoms with Crippen LogP contribution >= 0.6 is 0 Å². The van der Waals surface area contributed by atoms with Gasteiger partial charge in [0.15, 0.2) is 5.82 Å². The second-order valence-corrected chi connectivity index (χ2v) is 5.99. The molecule has 0 saturated carbocycles. The third-order valence-corrected chi connectivity index (χ3v) is 4.61. The van der Waals surface area contributed by atoms with Gasteiger partial charge in [-0.3, -0.25) is 4.90 Å². The predicted molar refractivity (Wildman–Crippen MR) is 83.6 cm³/mol. The molecule has 21 heavy (non-hydrogen) atoms. The zero-order valence-electron chi connectivity index (χ0n) is 13.4. The van der Waals surface area contributed by atoms with Gasteiger partial charge in [0.2, 0.25) is 0 Å². The number of aromatic nitrogens is 2. The van der Waals surface area contributed by atoms with Crippen molar-refractivity contribution in [3.8, 4) is 0 Å². The molecule has 1 N–H and O–H groups in total. The number of anilines is 1. The lowest BCUT2D eigenvalue weighted by Gasteiger charge is -2.34. The normalized spacial score (nSPS) is 25.9. The van der Waals surface area contributed by atoms with Crippen LogP contribution in [0.5, 0.6) is 0 Å². The zero-order chi connectivity index (χ0) is 14.8. The van der Waals surface area contributed by atoms with Gasteiger partial charge in [-0.15, -0.1) is 0 Å². The van der Waals surface area contributed by atoms with Gasteiger partial charge in [-0.25, -0.2) is 9.97 Å². The van der Waals surface area contributed by atoms with Crippen molar-refractivity contribution in [1.82, 2.24) is 14.9 Å². The van der Waals surface area contributed by atoms with E-state index in [2.05, 4.69) is 31.0 Å². The predicted octanol–water partition coefficient (Wildman–Crippen LogP) is 2.31. The molecule has 3 rings (SSSR count). The number of hydrogen-bond acceptors (Lipinski definition) is 5. The summed E-state index contributed by atoms with van der Waals surface area (Å²) in [6.07, 6.45) is 3.53. The van der Waals surface area contributed by atoms with Crippen molar-refractivity contribution in [3.63, 3.8) is 0 Å². The summed E-state index contributed by atoms with van der Waals surface area (Å²) in [5.74, 6) is 1.82. The molecule has 5 heteroatoms. The van der Waals surface area contributed by atoms with Crippen molar-refractivity contribution in [2.45, 2.75) is 52.2 Å². The molecule has 116 valence electrons. The average molecular weight is 290 g/mol. The molecule has 0 bridgehead atoms. The van der Waals surface area contributed by atoms with Crippen LogP contribution in [-0.2, 0) is 11.2 Å². The van der Waals surface area contributed by atoms with E-state index >= 15 is 0 Å². The summed E-state index contributed by atoms with van der Waals surface area (Å²) in [7, 11) is 0. The van der Waals surface area contributed by atoms with Gasteiger partial charge in [-0.05, 0) is 39.7 Å². The van der Waals surface area contributed by atoms with E-state index in [9.17, 15) is 0 Å². The van der Waals surface area contributed by atoms with E-state index in [1.54, 1.807) is 0 Å². The van der Waals surface area contributed by atoms with Crippen LogP contribution in [0.25, 0.3) is 0 Å². The van der Waals surface area contributed by atoms with Gasteiger partial charge in [-0.1, -0.05) is 6.92 Å². The van der Waals surface area contributed by atoms with Gasteiger partial charge < -0.3 is 10.1 Å². The maximum Gasteiger partial charge on any atom is 0.161 e. The summed E-state index contributed by atoms with van der Waals surface area (Å²) in [5, 5.41) is 3.37. The number of ether oxygens (including phenoxy) is 1. The first-order valence-electron chi connectivity index (χ1n) is 8.19. The number of fused-ring (bicyclic) bond motifs is 1. The minimum Gasteiger partial charge on any atom is -0.370 e. The topological polar surface area (TPSA) is 50.3 Å². The summed E-state index contributed by atoms with van der Waals surface area (Å²) >= 11 is 0. The zero-order valence-corrected chi connectivity index (χ0v) is 13.4. The van der Waals surface area contributed by atoms with Crippen LogP contribution in [0.15, 0.2) is 0 Å². The molecular weight excluding hydrogens is 264 g/mol. The number of rotatable bonds is 4. The van der Waals surface area contributed by atoms with Crippen LogP contribution in [0.2, 0.25) is 0 Å². The highest BCUT2D eigenvalue weighted by Gasteiger charge is 2.34. The van der Waals surface area contributed by atoms with Crippen molar-refractivity contribution in [3.05, 3.63) is 17.1 Å². The van der Waals surface area contributed by atoms with E-state index in [0.29, 0.717) is 6.04 Å². The van der Waals surface area contributed by atoms with Crippen molar-refractivity contribution in [1.29, 1.82) is 0 Å². The van der Waals surface area contributed by atoms with E-state index in [4.69, 9.17) is 14.7 Å². The van der Waals surface area contributed by atoms with E-state index < -0.39 is 0 Å². The second-order valence-electron chi connectivity index (χ2n) is 5.99. The molecule has 2 aliphatic heterocycles. The largest absolute Gasteiger partial charge is 0.370 e. The Bertz CT molecular complexity index is 505. The SMILES string of the molecule is CCNc1nc(C2CN3CCCC3CO2)nc(C)c1CC. The molecule has 2 atom stereocenters. The third-order valence-electron chi connectivity index (χ3n) is 4.61. The summed E-state index contributed by atoms with van der Waals surface area (Å²) in [6.45, 7) is 10.1. The molecule has 0 amide bonds. The van der Waals surface area contributed by atoms with Gasteiger partial charge in [0.1, 0.15) is 11.9 Å². The highest BCUT2D eigenvalue weighted by Crippen LogP contribution is 2.30. The average Bonchev–Trinajstić information content (AvgIpc) is 2.94. The minimum absolute atomic E-state index is 0.0152. The van der Waals surface area contributed by atoms with Gasteiger partial charge in [-0.2, -0.15) is 0 Å². The summed E-state index contributed by atoms with van der Waals surface area (Å²) in [6, 6.07) is 0.616. The molecule has 2 aliphatic rings. The fourth-order valence-corrected chi connectivity index (χ4v) is 3.47. The first-order valence-corrected chi connectivity index (χ1v) is 8.19. The Balaban J connectivity index is 1.84. The number of nitrogens with one attached hydrogen (secondary N) is 1. The highest BCUT2D eigenvalue weighted by atomic mass is 16.5. The highest BCUT2D eigenvalue weighted by molar-refractivity contribution is 5.46. The number of nitrogens with zero attached hydrogens (tertiary/aromatic N) is 3. The first-order chi connectivity index (χ1) is 10.2. The van der Waals surface area contributed by atoms with E-state index in [1.807, 2.05) is 0 Å². The first kappa shape index (κ1) is 14.7. The molecular formula is C16H26N4O. The van der Waals surface area contributed by atoms with Crippen LogP contribution in [-0.4, -0.2) is 47.2 Å². The smallest absolute Gasteiger partial charge is 0.161 e. The summed E-state index contributed by atoms with van der Waals surface area (Å²) < 4.78 is 6.05. The van der Waals surface area contributed by atoms with E-state index in [1.165, 1.54) is 24.9 Å². The lowest BCUT2D eigenvalue weighted by atomic mass is 10.1. The van der Waals surface area contributed by atoms with E-state index in [0.717, 1.165) is 43.5 Å². The van der Waals surface area contributed by atoms with Crippen molar-refractivity contribution in [2.75, 3.05) is 31.6 Å². The molecule has 3 heterocycles. The minimum atomic E-state index is 0.0152. The molecule has 2 fully saturated rings. The van der Waals surface area contributed by atoms with Crippen LogP contribution in [0.3, 0.4) is 0 Å². The van der Waals surface area contributed by atoms with Crippen molar-refractivity contribution >= 4 is 5.82 Å². The Morgan fingerprint density at radius 3 is 2.95 bits per heavy atom. The van der Waals surface area contributed by atoms with Gasteiger partial charge in [0, 0.05) is 30.4 Å². The van der Waals surface area contributed by atoms with Crippen LogP contribution in [0.1, 0.15) is 49.9 Å². The molecule has 5 nitrogen and oxygen atoms in total. The third kappa shape index (κ3) is 2.90. The molecule has 2 unspecified atom stereocenters. The number of aryl methyl sites for hydroxylation is 1. The molecule has 0 radical (unpaired) electrons. The fraction of sp³-hybridized carbons (Fsp3) is 0.750. The van der Waals surface area contributed by atoms with E-state index in [-0.39, 0.29) is 6.10 Å². The maximum absolute atomic E-state index is 6.05. The Morgan fingerprint density at radius 1 is 1.33 bits per heavy atom. The van der Waals surface area contributed by atoms with Crippen LogP contribution < -0.4 is 5.32 Å². The van der Waals surface area contributed by atoms with Gasteiger partial charge in [0.25, 0.3) is 0 Å². The maximum atomic E-state index is 6.05. The molecule has 1 aromatic heterocycles. The second kappa shape index (κ2) is 6.28. The summed E-state index contributed by atoms with van der Waals surface area (Å²) in [4.78, 5) is 12.0. The Morgan fingerprint density at radius 2 is 2.19 bits per heavy atom. The van der Waals surface area contributed by atoms with Gasteiger partial charge >= 0.3 is 0 Å².